The number of benzene rings is 1. The summed E-state index contributed by atoms with van der Waals surface area (Å²) < 4.78 is 0. The molecule has 1 saturated carbocycles. The van der Waals surface area contributed by atoms with Crippen molar-refractivity contribution in [2.75, 3.05) is 26.0 Å². The van der Waals surface area contributed by atoms with E-state index in [9.17, 15) is 0 Å². The summed E-state index contributed by atoms with van der Waals surface area (Å²) >= 11 is 0. The zero-order valence-electron chi connectivity index (χ0n) is 11.1. The second-order valence-corrected chi connectivity index (χ2v) is 5.47. The molecule has 2 heteroatoms. The van der Waals surface area contributed by atoms with E-state index in [0.717, 1.165) is 19.0 Å². The number of nitrogens with one attached hydrogen (secondary N) is 1. The van der Waals surface area contributed by atoms with Gasteiger partial charge >= 0.3 is 0 Å². The zero-order valence-corrected chi connectivity index (χ0v) is 11.1. The molecule has 0 spiro atoms. The Kier molecular flexibility index (Phi) is 4.43. The molecule has 0 bridgehead atoms. The lowest BCUT2D eigenvalue weighted by molar-refractivity contribution is 0.402. The smallest absolute Gasteiger partial charge is 0.0340 e. The van der Waals surface area contributed by atoms with Gasteiger partial charge in [0.1, 0.15) is 0 Å². The van der Waals surface area contributed by atoms with Crippen LogP contribution in [-0.4, -0.2) is 25.5 Å². The van der Waals surface area contributed by atoms with Crippen LogP contribution in [0.1, 0.15) is 31.2 Å². The average Bonchev–Trinajstić information content (AvgIpc) is 2.80. The van der Waals surface area contributed by atoms with Crippen LogP contribution in [-0.2, 0) is 6.54 Å². The van der Waals surface area contributed by atoms with Crippen LogP contribution >= 0.6 is 0 Å². The molecule has 0 unspecified atom stereocenters. The monoisotopic (exact) mass is 232 g/mol. The highest BCUT2D eigenvalue weighted by molar-refractivity contribution is 5.44. The summed E-state index contributed by atoms with van der Waals surface area (Å²) in [5.41, 5.74) is 2.64. The van der Waals surface area contributed by atoms with Gasteiger partial charge in [0.15, 0.2) is 0 Å². The third kappa shape index (κ3) is 4.04. The summed E-state index contributed by atoms with van der Waals surface area (Å²) in [4.78, 5) is 2.20. The Morgan fingerprint density at radius 1 is 1.12 bits per heavy atom. The highest BCUT2D eigenvalue weighted by Crippen LogP contribution is 2.25. The standard InChI is InChI=1S/C15H24N2/c1-17(2)12-14-7-9-15(10-8-14)16-11-13-5-3-4-6-13/h7-10,13,16H,3-6,11-12H2,1-2H3. The summed E-state index contributed by atoms with van der Waals surface area (Å²) in [6.45, 7) is 2.16. The van der Waals surface area contributed by atoms with Crippen LogP contribution in [0.5, 0.6) is 0 Å². The Balaban J connectivity index is 1.80. The predicted molar refractivity (Wildman–Crippen MR) is 74.3 cm³/mol. The molecule has 1 aromatic carbocycles. The van der Waals surface area contributed by atoms with E-state index in [-0.39, 0.29) is 0 Å². The largest absolute Gasteiger partial charge is 0.385 e. The van der Waals surface area contributed by atoms with Crippen molar-refractivity contribution in [3.8, 4) is 0 Å². The molecule has 2 nitrogen and oxygen atoms in total. The molecule has 1 aromatic rings. The van der Waals surface area contributed by atoms with Gasteiger partial charge in [0.2, 0.25) is 0 Å². The minimum Gasteiger partial charge on any atom is -0.385 e. The fourth-order valence-corrected chi connectivity index (χ4v) is 2.57. The number of nitrogens with zero attached hydrogens (tertiary/aromatic N) is 1. The summed E-state index contributed by atoms with van der Waals surface area (Å²) in [6.07, 6.45) is 5.67. The van der Waals surface area contributed by atoms with E-state index in [2.05, 4.69) is 48.6 Å². The normalized spacial score (nSPS) is 16.6. The lowest BCUT2D eigenvalue weighted by atomic mass is 10.1. The number of hydrogen-bond donors (Lipinski definition) is 1. The topological polar surface area (TPSA) is 15.3 Å². The number of anilines is 1. The molecule has 1 aliphatic carbocycles. The Morgan fingerprint density at radius 2 is 1.76 bits per heavy atom. The summed E-state index contributed by atoms with van der Waals surface area (Å²) in [5.74, 6) is 0.899. The average molecular weight is 232 g/mol. The SMILES string of the molecule is CN(C)Cc1ccc(NCC2CCCC2)cc1. The van der Waals surface area contributed by atoms with E-state index in [1.807, 2.05) is 0 Å². The predicted octanol–water partition coefficient (Wildman–Crippen LogP) is 3.35. The van der Waals surface area contributed by atoms with Gasteiger partial charge in [-0.1, -0.05) is 25.0 Å². The van der Waals surface area contributed by atoms with Gasteiger partial charge in [-0.15, -0.1) is 0 Å². The van der Waals surface area contributed by atoms with E-state index < -0.39 is 0 Å². The van der Waals surface area contributed by atoms with E-state index in [1.54, 1.807) is 0 Å². The van der Waals surface area contributed by atoms with Crippen molar-refractivity contribution >= 4 is 5.69 Å². The van der Waals surface area contributed by atoms with E-state index in [4.69, 9.17) is 0 Å². The molecule has 2 rings (SSSR count). The van der Waals surface area contributed by atoms with Gasteiger partial charge in [-0.3, -0.25) is 0 Å². The van der Waals surface area contributed by atoms with Crippen molar-refractivity contribution in [3.05, 3.63) is 29.8 Å². The Labute approximate surface area is 105 Å². The Bertz CT molecular complexity index is 323. The molecule has 94 valence electrons. The van der Waals surface area contributed by atoms with Gasteiger partial charge in [-0.05, 0) is 50.6 Å². The molecule has 0 radical (unpaired) electrons. The van der Waals surface area contributed by atoms with Crippen molar-refractivity contribution in [2.24, 2.45) is 5.92 Å². The molecule has 0 aromatic heterocycles. The number of hydrogen-bond acceptors (Lipinski definition) is 2. The van der Waals surface area contributed by atoms with Gasteiger partial charge in [-0.25, -0.2) is 0 Å². The van der Waals surface area contributed by atoms with Gasteiger partial charge in [0.05, 0.1) is 0 Å². The lowest BCUT2D eigenvalue weighted by Crippen LogP contribution is -2.12. The fraction of sp³-hybridized carbons (Fsp3) is 0.600. The molecule has 0 atom stereocenters. The molecule has 1 fully saturated rings. The molecular weight excluding hydrogens is 208 g/mol. The van der Waals surface area contributed by atoms with Crippen molar-refractivity contribution in [2.45, 2.75) is 32.2 Å². The number of rotatable bonds is 5. The first-order valence-electron chi connectivity index (χ1n) is 6.71. The van der Waals surface area contributed by atoms with E-state index in [1.165, 1.54) is 36.9 Å². The first-order chi connectivity index (χ1) is 8.24. The molecular formula is C15H24N2. The van der Waals surface area contributed by atoms with Crippen molar-refractivity contribution < 1.29 is 0 Å². The maximum absolute atomic E-state index is 3.55. The minimum atomic E-state index is 0.899. The maximum Gasteiger partial charge on any atom is 0.0340 e. The third-order valence-electron chi connectivity index (χ3n) is 3.52. The van der Waals surface area contributed by atoms with Crippen molar-refractivity contribution in [1.82, 2.24) is 4.90 Å². The van der Waals surface area contributed by atoms with E-state index in [0.29, 0.717) is 0 Å². The highest BCUT2D eigenvalue weighted by atomic mass is 15.0. The first-order valence-corrected chi connectivity index (χ1v) is 6.71. The molecule has 17 heavy (non-hydrogen) atoms. The van der Waals surface area contributed by atoms with Gasteiger partial charge in [0.25, 0.3) is 0 Å². The molecule has 0 aliphatic heterocycles. The maximum atomic E-state index is 3.55. The van der Waals surface area contributed by atoms with Gasteiger partial charge < -0.3 is 10.2 Å². The van der Waals surface area contributed by atoms with Gasteiger partial charge in [-0.2, -0.15) is 0 Å². The molecule has 0 heterocycles. The third-order valence-corrected chi connectivity index (χ3v) is 3.52. The Morgan fingerprint density at radius 3 is 2.35 bits per heavy atom. The van der Waals surface area contributed by atoms with Gasteiger partial charge in [0, 0.05) is 18.8 Å². The van der Waals surface area contributed by atoms with Crippen LogP contribution in [0.2, 0.25) is 0 Å². The summed E-state index contributed by atoms with van der Waals surface area (Å²) in [5, 5.41) is 3.55. The zero-order chi connectivity index (χ0) is 12.1. The van der Waals surface area contributed by atoms with Crippen LogP contribution in [0, 0.1) is 5.92 Å². The Hall–Kier alpha value is -1.02. The van der Waals surface area contributed by atoms with Crippen molar-refractivity contribution in [1.29, 1.82) is 0 Å². The summed E-state index contributed by atoms with van der Waals surface area (Å²) in [6, 6.07) is 8.84. The molecule has 0 amide bonds. The molecule has 0 saturated heterocycles. The van der Waals surface area contributed by atoms with Crippen molar-refractivity contribution in [3.63, 3.8) is 0 Å². The van der Waals surface area contributed by atoms with Crippen LogP contribution in [0.15, 0.2) is 24.3 Å². The summed E-state index contributed by atoms with van der Waals surface area (Å²) in [7, 11) is 4.21. The second kappa shape index (κ2) is 6.06. The van der Waals surface area contributed by atoms with Crippen LogP contribution in [0.25, 0.3) is 0 Å². The quantitative estimate of drug-likeness (QED) is 0.837. The van der Waals surface area contributed by atoms with Crippen LogP contribution in [0.3, 0.4) is 0 Å². The lowest BCUT2D eigenvalue weighted by Gasteiger charge is -2.13. The second-order valence-electron chi connectivity index (χ2n) is 5.47. The van der Waals surface area contributed by atoms with Crippen LogP contribution < -0.4 is 5.32 Å². The molecule has 1 N–H and O–H groups in total. The molecule has 1 aliphatic rings. The fourth-order valence-electron chi connectivity index (χ4n) is 2.57. The first kappa shape index (κ1) is 12.4. The van der Waals surface area contributed by atoms with E-state index >= 15 is 0 Å². The minimum absolute atomic E-state index is 0.899. The van der Waals surface area contributed by atoms with Crippen LogP contribution in [0.4, 0.5) is 5.69 Å². The highest BCUT2D eigenvalue weighted by Gasteiger charge is 2.14.